The second-order valence-corrected chi connectivity index (χ2v) is 2.60. The number of hydrogen-bond acceptors (Lipinski definition) is 4. The van der Waals surface area contributed by atoms with E-state index in [1.165, 1.54) is 0 Å². The molecule has 72 valence electrons. The fraction of sp³-hybridized carbons (Fsp3) is 0.333. The van der Waals surface area contributed by atoms with Crippen molar-refractivity contribution in [2.75, 3.05) is 31.3 Å². The Morgan fingerprint density at radius 1 is 1.54 bits per heavy atom. The molecule has 1 aromatic rings. The molecule has 0 saturated heterocycles. The summed E-state index contributed by atoms with van der Waals surface area (Å²) in [6, 6.07) is 5.35. The number of benzene rings is 1. The molecule has 0 amide bonds. The number of aliphatic hydroxyl groups is 1. The Labute approximate surface area is 77.3 Å². The van der Waals surface area contributed by atoms with Gasteiger partial charge in [-0.1, -0.05) is 0 Å². The molecule has 1 aromatic carbocycles. The van der Waals surface area contributed by atoms with Crippen molar-refractivity contribution in [3.05, 3.63) is 18.2 Å². The fourth-order valence-electron chi connectivity index (χ4n) is 1.01. The maximum Gasteiger partial charge on any atom is 0.121 e. The van der Waals surface area contributed by atoms with E-state index in [4.69, 9.17) is 15.6 Å². The van der Waals surface area contributed by atoms with Crippen LogP contribution in [0.4, 0.5) is 11.4 Å². The molecular weight excluding hydrogens is 168 g/mol. The van der Waals surface area contributed by atoms with Gasteiger partial charge in [-0.05, 0) is 12.1 Å². The van der Waals surface area contributed by atoms with Crippen LogP contribution in [0.5, 0.6) is 5.75 Å². The number of ether oxygens (including phenoxy) is 1. The topological polar surface area (TPSA) is 67.5 Å². The molecular formula is C9H14N2O2. The Bertz CT molecular complexity index is 276. The van der Waals surface area contributed by atoms with Crippen LogP contribution in [0.2, 0.25) is 0 Å². The third-order valence-electron chi connectivity index (χ3n) is 1.69. The van der Waals surface area contributed by atoms with Gasteiger partial charge >= 0.3 is 0 Å². The number of nitrogen functional groups attached to an aromatic ring is 1. The molecule has 0 unspecified atom stereocenters. The molecule has 0 fully saturated rings. The normalized spacial score (nSPS) is 9.69. The van der Waals surface area contributed by atoms with Gasteiger partial charge in [0.25, 0.3) is 0 Å². The first-order valence-electron chi connectivity index (χ1n) is 4.06. The minimum atomic E-state index is 0.0800. The lowest BCUT2D eigenvalue weighted by atomic mass is 10.2. The van der Waals surface area contributed by atoms with Crippen LogP contribution >= 0.6 is 0 Å². The molecule has 0 aliphatic heterocycles. The number of hydrogen-bond donors (Lipinski definition) is 3. The summed E-state index contributed by atoms with van der Waals surface area (Å²) in [5.41, 5.74) is 7.12. The van der Waals surface area contributed by atoms with Gasteiger partial charge in [0.2, 0.25) is 0 Å². The van der Waals surface area contributed by atoms with Gasteiger partial charge in [-0.25, -0.2) is 0 Å². The van der Waals surface area contributed by atoms with E-state index in [1.54, 1.807) is 25.3 Å². The molecule has 1 rings (SSSR count). The van der Waals surface area contributed by atoms with Crippen molar-refractivity contribution in [2.45, 2.75) is 0 Å². The van der Waals surface area contributed by atoms with Gasteiger partial charge in [-0.2, -0.15) is 0 Å². The third-order valence-corrected chi connectivity index (χ3v) is 1.69. The molecule has 4 N–H and O–H groups in total. The summed E-state index contributed by atoms with van der Waals surface area (Å²) in [6.07, 6.45) is 0. The number of methoxy groups -OCH3 is 1. The molecule has 0 spiro atoms. The lowest BCUT2D eigenvalue weighted by Gasteiger charge is -2.09. The van der Waals surface area contributed by atoms with Crippen molar-refractivity contribution in [1.29, 1.82) is 0 Å². The Hall–Kier alpha value is -1.42. The zero-order valence-corrected chi connectivity index (χ0v) is 7.58. The maximum atomic E-state index is 8.61. The highest BCUT2D eigenvalue weighted by Crippen LogP contribution is 2.23. The first-order chi connectivity index (χ1) is 6.27. The average Bonchev–Trinajstić information content (AvgIpc) is 2.17. The predicted octanol–water partition coefficient (Wildman–Crippen LogP) is 0.682. The van der Waals surface area contributed by atoms with E-state index >= 15 is 0 Å². The second kappa shape index (κ2) is 4.57. The molecule has 0 aliphatic rings. The van der Waals surface area contributed by atoms with Crippen LogP contribution in [-0.2, 0) is 0 Å². The van der Waals surface area contributed by atoms with Gasteiger partial charge in [0.05, 0.1) is 25.1 Å². The Morgan fingerprint density at radius 2 is 2.31 bits per heavy atom. The Balaban J connectivity index is 2.78. The number of rotatable bonds is 4. The minimum Gasteiger partial charge on any atom is -0.497 e. The van der Waals surface area contributed by atoms with Gasteiger partial charge in [-0.15, -0.1) is 0 Å². The molecule has 0 saturated carbocycles. The lowest BCUT2D eigenvalue weighted by molar-refractivity contribution is 0.311. The summed E-state index contributed by atoms with van der Waals surface area (Å²) in [5, 5.41) is 11.6. The number of aliphatic hydroxyl groups excluding tert-OH is 1. The largest absolute Gasteiger partial charge is 0.497 e. The molecule has 0 radical (unpaired) electrons. The van der Waals surface area contributed by atoms with Gasteiger partial charge < -0.3 is 20.9 Å². The van der Waals surface area contributed by atoms with E-state index in [2.05, 4.69) is 5.32 Å². The molecule has 0 bridgehead atoms. The molecule has 0 aliphatic carbocycles. The van der Waals surface area contributed by atoms with Gasteiger partial charge in [0.1, 0.15) is 5.75 Å². The van der Waals surface area contributed by atoms with Crippen LogP contribution in [-0.4, -0.2) is 25.4 Å². The van der Waals surface area contributed by atoms with Crippen molar-refractivity contribution in [3.8, 4) is 5.75 Å². The molecule has 0 atom stereocenters. The van der Waals surface area contributed by atoms with Crippen LogP contribution in [0, 0.1) is 0 Å². The highest BCUT2D eigenvalue weighted by molar-refractivity contribution is 5.68. The first kappa shape index (κ1) is 9.67. The summed E-state index contributed by atoms with van der Waals surface area (Å²) in [6.45, 7) is 0.564. The van der Waals surface area contributed by atoms with Crippen LogP contribution in [0.3, 0.4) is 0 Å². The van der Waals surface area contributed by atoms with Crippen LogP contribution in [0.25, 0.3) is 0 Å². The van der Waals surface area contributed by atoms with Gasteiger partial charge in [0.15, 0.2) is 0 Å². The second-order valence-electron chi connectivity index (χ2n) is 2.60. The average molecular weight is 182 g/mol. The zero-order valence-electron chi connectivity index (χ0n) is 7.58. The highest BCUT2D eigenvalue weighted by atomic mass is 16.5. The maximum absolute atomic E-state index is 8.61. The fourth-order valence-corrected chi connectivity index (χ4v) is 1.01. The molecule has 13 heavy (non-hydrogen) atoms. The summed E-state index contributed by atoms with van der Waals surface area (Å²) < 4.78 is 5.03. The Kier molecular flexibility index (Phi) is 3.40. The summed E-state index contributed by atoms with van der Waals surface area (Å²) in [7, 11) is 1.60. The van der Waals surface area contributed by atoms with Crippen molar-refractivity contribution in [1.82, 2.24) is 0 Å². The third kappa shape index (κ3) is 2.52. The SMILES string of the molecule is COc1ccc(N)c(NCCO)c1. The Morgan fingerprint density at radius 3 is 2.92 bits per heavy atom. The molecule has 0 aromatic heterocycles. The first-order valence-corrected chi connectivity index (χ1v) is 4.06. The van der Waals surface area contributed by atoms with E-state index in [1.807, 2.05) is 0 Å². The monoisotopic (exact) mass is 182 g/mol. The van der Waals surface area contributed by atoms with E-state index in [0.717, 1.165) is 11.4 Å². The molecule has 0 heterocycles. The summed E-state index contributed by atoms with van der Waals surface area (Å²) >= 11 is 0. The zero-order chi connectivity index (χ0) is 9.68. The number of nitrogens with two attached hydrogens (primary N) is 1. The van der Waals surface area contributed by atoms with Crippen molar-refractivity contribution >= 4 is 11.4 Å². The van der Waals surface area contributed by atoms with E-state index in [0.29, 0.717) is 12.2 Å². The quantitative estimate of drug-likeness (QED) is 0.599. The van der Waals surface area contributed by atoms with E-state index in [9.17, 15) is 0 Å². The van der Waals surface area contributed by atoms with E-state index < -0.39 is 0 Å². The standard InChI is InChI=1S/C9H14N2O2/c1-13-7-2-3-8(10)9(6-7)11-4-5-12/h2-3,6,11-12H,4-5,10H2,1H3. The lowest BCUT2D eigenvalue weighted by Crippen LogP contribution is -2.07. The minimum absolute atomic E-state index is 0.0800. The van der Waals surface area contributed by atoms with Crippen LogP contribution in [0.15, 0.2) is 18.2 Å². The van der Waals surface area contributed by atoms with Gasteiger partial charge in [0, 0.05) is 12.6 Å². The van der Waals surface area contributed by atoms with Gasteiger partial charge in [-0.3, -0.25) is 0 Å². The van der Waals surface area contributed by atoms with Crippen molar-refractivity contribution < 1.29 is 9.84 Å². The smallest absolute Gasteiger partial charge is 0.121 e. The molecule has 4 heteroatoms. The summed E-state index contributed by atoms with van der Waals surface area (Å²) in [4.78, 5) is 0. The predicted molar refractivity (Wildman–Crippen MR) is 53.0 cm³/mol. The molecule has 4 nitrogen and oxygen atoms in total. The number of nitrogens with one attached hydrogen (secondary N) is 1. The van der Waals surface area contributed by atoms with Crippen LogP contribution in [0.1, 0.15) is 0 Å². The number of anilines is 2. The van der Waals surface area contributed by atoms with Crippen molar-refractivity contribution in [3.63, 3.8) is 0 Å². The van der Waals surface area contributed by atoms with Crippen LogP contribution < -0.4 is 15.8 Å². The van der Waals surface area contributed by atoms with E-state index in [-0.39, 0.29) is 6.61 Å². The summed E-state index contributed by atoms with van der Waals surface area (Å²) in [5.74, 6) is 0.745. The highest BCUT2D eigenvalue weighted by Gasteiger charge is 1.99. The van der Waals surface area contributed by atoms with Crippen molar-refractivity contribution in [2.24, 2.45) is 0 Å².